The zero-order valence-corrected chi connectivity index (χ0v) is 18.1. The van der Waals surface area contributed by atoms with Gasteiger partial charge in [-0.1, -0.05) is 18.2 Å². The number of hydrogen-bond donors (Lipinski definition) is 2. The molecular weight excluding hydrogens is 416 g/mol. The van der Waals surface area contributed by atoms with Crippen molar-refractivity contribution in [2.24, 2.45) is 0 Å². The van der Waals surface area contributed by atoms with Gasteiger partial charge in [-0.25, -0.2) is 0 Å². The second kappa shape index (κ2) is 9.15. The largest absolute Gasteiger partial charge is 0.494 e. The third-order valence-corrected chi connectivity index (χ3v) is 5.36. The van der Waals surface area contributed by atoms with Crippen molar-refractivity contribution >= 4 is 17.9 Å². The summed E-state index contributed by atoms with van der Waals surface area (Å²) in [6.07, 6.45) is 0. The van der Waals surface area contributed by atoms with E-state index in [0.29, 0.717) is 34.7 Å². The molecule has 0 unspecified atom stereocenters. The van der Waals surface area contributed by atoms with Crippen molar-refractivity contribution in [3.8, 4) is 28.8 Å². The van der Waals surface area contributed by atoms with Crippen molar-refractivity contribution in [1.29, 1.82) is 0 Å². The predicted molar refractivity (Wildman–Crippen MR) is 119 cm³/mol. The van der Waals surface area contributed by atoms with Gasteiger partial charge >= 0.3 is 0 Å². The zero-order chi connectivity index (χ0) is 21.8. The Morgan fingerprint density at radius 1 is 1.03 bits per heavy atom. The van der Waals surface area contributed by atoms with E-state index in [0.717, 1.165) is 16.2 Å². The number of aryl methyl sites for hydroxylation is 1. The lowest BCUT2D eigenvalue weighted by Crippen LogP contribution is -2.06. The molecule has 0 aliphatic carbocycles. The number of para-hydroxylation sites is 1. The SMILES string of the molecule is COc1cccc(OC)c1-n1c(NSc2cccc(CO)c2)nnc1-c1ccc(C)o1. The molecule has 8 nitrogen and oxygen atoms in total. The van der Waals surface area contributed by atoms with Gasteiger partial charge in [0.15, 0.2) is 5.76 Å². The molecule has 0 amide bonds. The Hall–Kier alpha value is -3.43. The van der Waals surface area contributed by atoms with Gasteiger partial charge in [-0.15, -0.1) is 10.2 Å². The fraction of sp³-hybridized carbons (Fsp3) is 0.182. The summed E-state index contributed by atoms with van der Waals surface area (Å²) in [6.45, 7) is 1.85. The molecule has 0 bridgehead atoms. The van der Waals surface area contributed by atoms with E-state index in [1.807, 2.05) is 61.5 Å². The highest BCUT2D eigenvalue weighted by Crippen LogP contribution is 2.38. The highest BCUT2D eigenvalue weighted by Gasteiger charge is 2.24. The van der Waals surface area contributed by atoms with E-state index < -0.39 is 0 Å². The number of aliphatic hydroxyl groups is 1. The topological polar surface area (TPSA) is 94.6 Å². The first kappa shape index (κ1) is 20.8. The van der Waals surface area contributed by atoms with E-state index >= 15 is 0 Å². The number of benzene rings is 2. The summed E-state index contributed by atoms with van der Waals surface area (Å²) < 4.78 is 22.1. The van der Waals surface area contributed by atoms with Crippen LogP contribution in [0.2, 0.25) is 0 Å². The van der Waals surface area contributed by atoms with Crippen molar-refractivity contribution in [3.63, 3.8) is 0 Å². The predicted octanol–water partition coefficient (Wildman–Crippen LogP) is 4.46. The maximum Gasteiger partial charge on any atom is 0.240 e. The summed E-state index contributed by atoms with van der Waals surface area (Å²) in [4.78, 5) is 0.920. The first-order chi connectivity index (χ1) is 15.1. The number of aliphatic hydroxyl groups excluding tert-OH is 1. The molecule has 9 heteroatoms. The summed E-state index contributed by atoms with van der Waals surface area (Å²) >= 11 is 1.36. The first-order valence-electron chi connectivity index (χ1n) is 9.51. The van der Waals surface area contributed by atoms with Crippen LogP contribution in [0.5, 0.6) is 11.5 Å². The van der Waals surface area contributed by atoms with Crippen molar-refractivity contribution in [1.82, 2.24) is 14.8 Å². The minimum Gasteiger partial charge on any atom is -0.494 e. The Balaban J connectivity index is 1.81. The fourth-order valence-electron chi connectivity index (χ4n) is 3.14. The number of aromatic nitrogens is 3. The van der Waals surface area contributed by atoms with E-state index in [2.05, 4.69) is 14.9 Å². The van der Waals surface area contributed by atoms with Crippen LogP contribution in [0, 0.1) is 6.92 Å². The van der Waals surface area contributed by atoms with Gasteiger partial charge < -0.3 is 19.0 Å². The third kappa shape index (κ3) is 4.23. The molecule has 0 aliphatic heterocycles. The number of methoxy groups -OCH3 is 2. The Morgan fingerprint density at radius 3 is 2.42 bits per heavy atom. The highest BCUT2D eigenvalue weighted by atomic mass is 32.2. The molecule has 0 aliphatic rings. The number of anilines is 1. The molecule has 0 saturated heterocycles. The molecule has 2 aromatic carbocycles. The Morgan fingerprint density at radius 2 is 1.77 bits per heavy atom. The molecule has 160 valence electrons. The van der Waals surface area contributed by atoms with Crippen LogP contribution in [-0.2, 0) is 6.61 Å². The second-order valence-electron chi connectivity index (χ2n) is 6.61. The molecule has 0 atom stereocenters. The lowest BCUT2D eigenvalue weighted by atomic mass is 10.2. The Bertz CT molecular complexity index is 1170. The lowest BCUT2D eigenvalue weighted by molar-refractivity contribution is 0.281. The first-order valence-corrected chi connectivity index (χ1v) is 10.3. The molecule has 0 saturated carbocycles. The number of nitrogens with zero attached hydrogens (tertiary/aromatic N) is 3. The van der Waals surface area contributed by atoms with Crippen LogP contribution in [0.25, 0.3) is 17.3 Å². The van der Waals surface area contributed by atoms with Gasteiger partial charge in [0.25, 0.3) is 0 Å². The standard InChI is InChI=1S/C22H22N4O4S/c1-14-10-11-19(30-14)21-23-24-22(25-31-16-7-4-6-15(12-16)13-27)26(21)20-17(28-2)8-5-9-18(20)29-3/h4-12,27H,13H2,1-3H3,(H,24,25). The number of ether oxygens (including phenoxy) is 2. The van der Waals surface area contributed by atoms with Crippen molar-refractivity contribution in [2.45, 2.75) is 18.4 Å². The number of nitrogens with one attached hydrogen (secondary N) is 1. The maximum atomic E-state index is 9.39. The van der Waals surface area contributed by atoms with Gasteiger partial charge in [0.1, 0.15) is 22.9 Å². The molecule has 2 aromatic heterocycles. The fourth-order valence-corrected chi connectivity index (χ4v) is 3.84. The number of furan rings is 1. The van der Waals surface area contributed by atoms with Crippen LogP contribution in [-0.4, -0.2) is 34.1 Å². The van der Waals surface area contributed by atoms with Crippen LogP contribution >= 0.6 is 11.9 Å². The monoisotopic (exact) mass is 438 g/mol. The van der Waals surface area contributed by atoms with Gasteiger partial charge in [-0.2, -0.15) is 0 Å². The highest BCUT2D eigenvalue weighted by molar-refractivity contribution is 8.00. The van der Waals surface area contributed by atoms with E-state index in [1.165, 1.54) is 11.9 Å². The quantitative estimate of drug-likeness (QED) is 0.389. The zero-order valence-electron chi connectivity index (χ0n) is 17.3. The molecule has 31 heavy (non-hydrogen) atoms. The maximum absolute atomic E-state index is 9.39. The Kier molecular flexibility index (Phi) is 6.15. The van der Waals surface area contributed by atoms with E-state index in [-0.39, 0.29) is 6.61 Å². The third-order valence-electron chi connectivity index (χ3n) is 4.59. The van der Waals surface area contributed by atoms with Gasteiger partial charge in [-0.3, -0.25) is 9.29 Å². The lowest BCUT2D eigenvalue weighted by Gasteiger charge is -2.17. The van der Waals surface area contributed by atoms with Gasteiger partial charge in [0.05, 0.1) is 20.8 Å². The van der Waals surface area contributed by atoms with E-state index in [9.17, 15) is 5.11 Å². The Labute approximate surface area is 184 Å². The minimum absolute atomic E-state index is 0.0228. The minimum atomic E-state index is -0.0228. The summed E-state index contributed by atoms with van der Waals surface area (Å²) in [5, 5.41) is 18.1. The smallest absolute Gasteiger partial charge is 0.240 e. The van der Waals surface area contributed by atoms with Gasteiger partial charge in [0, 0.05) is 4.90 Å². The summed E-state index contributed by atoms with van der Waals surface area (Å²) in [5.41, 5.74) is 1.47. The normalized spacial score (nSPS) is 10.8. The second-order valence-corrected chi connectivity index (χ2v) is 7.49. The summed E-state index contributed by atoms with van der Waals surface area (Å²) in [7, 11) is 3.20. The molecule has 4 aromatic rings. The van der Waals surface area contributed by atoms with E-state index in [4.69, 9.17) is 13.9 Å². The van der Waals surface area contributed by atoms with Crippen molar-refractivity contribution < 1.29 is 19.0 Å². The molecule has 2 N–H and O–H groups in total. The van der Waals surface area contributed by atoms with E-state index in [1.54, 1.807) is 18.8 Å². The summed E-state index contributed by atoms with van der Waals surface area (Å²) in [5.74, 6) is 3.49. The van der Waals surface area contributed by atoms with Crippen LogP contribution in [0.1, 0.15) is 11.3 Å². The number of hydrogen-bond acceptors (Lipinski definition) is 8. The molecule has 0 spiro atoms. The average Bonchev–Trinajstić information content (AvgIpc) is 3.42. The van der Waals surface area contributed by atoms with Crippen molar-refractivity contribution in [2.75, 3.05) is 18.9 Å². The van der Waals surface area contributed by atoms with Crippen LogP contribution in [0.3, 0.4) is 0 Å². The van der Waals surface area contributed by atoms with Crippen LogP contribution in [0.15, 0.2) is 63.9 Å². The van der Waals surface area contributed by atoms with Crippen molar-refractivity contribution in [3.05, 3.63) is 65.9 Å². The molecule has 4 rings (SSSR count). The molecule has 2 heterocycles. The molecular formula is C22H22N4O4S. The van der Waals surface area contributed by atoms with Gasteiger partial charge in [-0.05, 0) is 60.8 Å². The molecule has 0 fully saturated rings. The summed E-state index contributed by atoms with van der Waals surface area (Å²) in [6, 6.07) is 16.9. The van der Waals surface area contributed by atoms with Gasteiger partial charge in [0.2, 0.25) is 11.8 Å². The molecule has 0 radical (unpaired) electrons. The van der Waals surface area contributed by atoms with Crippen LogP contribution in [0.4, 0.5) is 5.95 Å². The number of rotatable bonds is 8. The average molecular weight is 439 g/mol. The van der Waals surface area contributed by atoms with Crippen LogP contribution < -0.4 is 14.2 Å².